The highest BCUT2D eigenvalue weighted by molar-refractivity contribution is 6.03. The van der Waals surface area contributed by atoms with E-state index < -0.39 is 11.9 Å². The van der Waals surface area contributed by atoms with Crippen molar-refractivity contribution in [2.75, 3.05) is 13.2 Å². The van der Waals surface area contributed by atoms with Crippen molar-refractivity contribution >= 4 is 11.8 Å². The summed E-state index contributed by atoms with van der Waals surface area (Å²) in [6.07, 6.45) is 1.78. The second-order valence-electron chi connectivity index (χ2n) is 6.15. The smallest absolute Gasteiger partial charge is 0.340 e. The summed E-state index contributed by atoms with van der Waals surface area (Å²) < 4.78 is 16.3. The van der Waals surface area contributed by atoms with Crippen LogP contribution in [0.1, 0.15) is 44.6 Å². The fourth-order valence-electron chi connectivity index (χ4n) is 3.42. The fraction of sp³-hybridized carbons (Fsp3) is 0.400. The first-order chi connectivity index (χ1) is 12.6. The molecule has 0 saturated carbocycles. The molecular formula is C20H23NO5. The van der Waals surface area contributed by atoms with Crippen molar-refractivity contribution in [3.63, 3.8) is 0 Å². The monoisotopic (exact) mass is 357 g/mol. The molecule has 2 aliphatic rings. The molecule has 0 radical (unpaired) electrons. The Morgan fingerprint density at radius 1 is 1.19 bits per heavy atom. The van der Waals surface area contributed by atoms with Gasteiger partial charge >= 0.3 is 5.97 Å². The topological polar surface area (TPSA) is 87.9 Å². The number of nitrogens with two attached hydrogens (primary N) is 1. The Kier molecular flexibility index (Phi) is 5.30. The van der Waals surface area contributed by atoms with Gasteiger partial charge in [-0.3, -0.25) is 4.79 Å². The van der Waals surface area contributed by atoms with E-state index in [-0.39, 0.29) is 23.8 Å². The highest BCUT2D eigenvalue weighted by atomic mass is 16.5. The molecule has 1 aromatic carbocycles. The van der Waals surface area contributed by atoms with Crippen LogP contribution < -0.4 is 10.5 Å². The molecule has 2 N–H and O–H groups in total. The van der Waals surface area contributed by atoms with E-state index in [1.165, 1.54) is 0 Å². The van der Waals surface area contributed by atoms with Crippen LogP contribution in [0.4, 0.5) is 0 Å². The number of ketones is 1. The first-order valence-corrected chi connectivity index (χ1v) is 8.90. The van der Waals surface area contributed by atoms with Crippen LogP contribution in [0.15, 0.2) is 47.1 Å². The lowest BCUT2D eigenvalue weighted by atomic mass is 9.77. The SMILES string of the molecule is CCOC(=O)C1=C(N)OC2=C(C(=O)CCC2)[C@@H]1c1ccc(OCC)cc1. The van der Waals surface area contributed by atoms with Crippen LogP contribution in [-0.2, 0) is 19.1 Å². The second kappa shape index (κ2) is 7.64. The van der Waals surface area contributed by atoms with Crippen LogP contribution in [0.2, 0.25) is 0 Å². The highest BCUT2D eigenvalue weighted by Crippen LogP contribution is 2.44. The van der Waals surface area contributed by atoms with Crippen molar-refractivity contribution in [1.82, 2.24) is 0 Å². The van der Waals surface area contributed by atoms with Gasteiger partial charge in [0.1, 0.15) is 17.1 Å². The summed E-state index contributed by atoms with van der Waals surface area (Å²) in [7, 11) is 0. The van der Waals surface area contributed by atoms with Gasteiger partial charge in [0.25, 0.3) is 0 Å². The number of rotatable bonds is 5. The molecule has 0 unspecified atom stereocenters. The lowest BCUT2D eigenvalue weighted by Gasteiger charge is -2.32. The van der Waals surface area contributed by atoms with Gasteiger partial charge in [-0.1, -0.05) is 12.1 Å². The van der Waals surface area contributed by atoms with Crippen molar-refractivity contribution in [2.45, 2.75) is 39.0 Å². The van der Waals surface area contributed by atoms with E-state index in [1.54, 1.807) is 6.92 Å². The molecule has 1 aliphatic carbocycles. The van der Waals surface area contributed by atoms with Crippen molar-refractivity contribution in [2.24, 2.45) is 5.73 Å². The van der Waals surface area contributed by atoms with Crippen molar-refractivity contribution < 1.29 is 23.8 Å². The molecule has 138 valence electrons. The van der Waals surface area contributed by atoms with Crippen LogP contribution in [0.3, 0.4) is 0 Å². The van der Waals surface area contributed by atoms with Crippen LogP contribution in [0.5, 0.6) is 5.75 Å². The van der Waals surface area contributed by atoms with Gasteiger partial charge in [0.2, 0.25) is 5.88 Å². The number of esters is 1. The predicted molar refractivity (Wildman–Crippen MR) is 95.2 cm³/mol. The van der Waals surface area contributed by atoms with E-state index in [0.717, 1.165) is 17.7 Å². The third-order valence-corrected chi connectivity index (χ3v) is 4.50. The van der Waals surface area contributed by atoms with E-state index >= 15 is 0 Å². The largest absolute Gasteiger partial charge is 0.494 e. The summed E-state index contributed by atoms with van der Waals surface area (Å²) in [6, 6.07) is 7.33. The molecule has 0 fully saturated rings. The van der Waals surface area contributed by atoms with E-state index in [1.807, 2.05) is 31.2 Å². The fourth-order valence-corrected chi connectivity index (χ4v) is 3.42. The third kappa shape index (κ3) is 3.31. The Morgan fingerprint density at radius 3 is 2.58 bits per heavy atom. The second-order valence-corrected chi connectivity index (χ2v) is 6.15. The normalized spacial score (nSPS) is 19.8. The Hall–Kier alpha value is -2.76. The third-order valence-electron chi connectivity index (χ3n) is 4.50. The number of hydrogen-bond donors (Lipinski definition) is 1. The molecule has 3 rings (SSSR count). The zero-order valence-electron chi connectivity index (χ0n) is 15.0. The van der Waals surface area contributed by atoms with Gasteiger partial charge in [-0.15, -0.1) is 0 Å². The van der Waals surface area contributed by atoms with Crippen LogP contribution in [0.25, 0.3) is 0 Å². The summed E-state index contributed by atoms with van der Waals surface area (Å²) in [5.41, 5.74) is 7.53. The first kappa shape index (κ1) is 18.0. The van der Waals surface area contributed by atoms with Crippen molar-refractivity contribution in [1.29, 1.82) is 0 Å². The first-order valence-electron chi connectivity index (χ1n) is 8.90. The molecule has 0 bridgehead atoms. The highest BCUT2D eigenvalue weighted by Gasteiger charge is 2.41. The predicted octanol–water partition coefficient (Wildman–Crippen LogP) is 2.94. The zero-order chi connectivity index (χ0) is 18.7. The maximum Gasteiger partial charge on any atom is 0.340 e. The molecule has 1 aromatic rings. The standard InChI is InChI=1S/C20H23NO5/c1-3-24-13-10-8-12(9-11-13)16-17-14(22)6-5-7-15(17)26-19(21)18(16)20(23)25-4-2/h8-11,16H,3-7,21H2,1-2H3/t16-/m0/s1. The van der Waals surface area contributed by atoms with Crippen LogP contribution in [-0.4, -0.2) is 25.0 Å². The van der Waals surface area contributed by atoms with Gasteiger partial charge in [-0.2, -0.15) is 0 Å². The Balaban J connectivity index is 2.09. The molecule has 6 heteroatoms. The molecule has 26 heavy (non-hydrogen) atoms. The summed E-state index contributed by atoms with van der Waals surface area (Å²) >= 11 is 0. The van der Waals surface area contributed by atoms with E-state index in [9.17, 15) is 9.59 Å². The number of Topliss-reactive ketones (excluding diaryl/α,β-unsaturated/α-hetero) is 1. The number of benzene rings is 1. The number of carbonyl (C=O) groups is 2. The van der Waals surface area contributed by atoms with E-state index in [4.69, 9.17) is 19.9 Å². The van der Waals surface area contributed by atoms with Gasteiger partial charge in [-0.25, -0.2) is 4.79 Å². The summed E-state index contributed by atoms with van der Waals surface area (Å²) in [4.78, 5) is 25.2. The quantitative estimate of drug-likeness (QED) is 0.815. The Bertz CT molecular complexity index is 776. The van der Waals surface area contributed by atoms with Gasteiger partial charge < -0.3 is 19.9 Å². The summed E-state index contributed by atoms with van der Waals surface area (Å²) in [5, 5.41) is 0. The molecule has 1 heterocycles. The average molecular weight is 357 g/mol. The minimum atomic E-state index is -0.582. The molecule has 0 spiro atoms. The van der Waals surface area contributed by atoms with Gasteiger partial charge in [0, 0.05) is 18.4 Å². The zero-order valence-corrected chi connectivity index (χ0v) is 15.0. The lowest BCUT2D eigenvalue weighted by molar-refractivity contribution is -0.139. The molecule has 0 amide bonds. The molecule has 0 aromatic heterocycles. The maximum absolute atomic E-state index is 12.6. The average Bonchev–Trinajstić information content (AvgIpc) is 2.62. The number of allylic oxidation sites excluding steroid dienone is 2. The summed E-state index contributed by atoms with van der Waals surface area (Å²) in [6.45, 7) is 4.41. The maximum atomic E-state index is 12.6. The number of ether oxygens (including phenoxy) is 3. The molecule has 1 aliphatic heterocycles. The summed E-state index contributed by atoms with van der Waals surface area (Å²) in [5.74, 6) is 0.137. The van der Waals surface area contributed by atoms with Gasteiger partial charge in [0.15, 0.2) is 5.78 Å². The van der Waals surface area contributed by atoms with Gasteiger partial charge in [0.05, 0.1) is 19.1 Å². The minimum absolute atomic E-state index is 0.00999. The lowest BCUT2D eigenvalue weighted by Crippen LogP contribution is -2.31. The number of hydrogen-bond acceptors (Lipinski definition) is 6. The molecule has 0 saturated heterocycles. The minimum Gasteiger partial charge on any atom is -0.494 e. The van der Waals surface area contributed by atoms with E-state index in [2.05, 4.69) is 0 Å². The Morgan fingerprint density at radius 2 is 1.92 bits per heavy atom. The number of carbonyl (C=O) groups excluding carboxylic acids is 2. The van der Waals surface area contributed by atoms with Crippen molar-refractivity contribution in [3.05, 3.63) is 52.6 Å². The van der Waals surface area contributed by atoms with E-state index in [0.29, 0.717) is 30.8 Å². The molecule has 1 atom stereocenters. The van der Waals surface area contributed by atoms with Gasteiger partial charge in [-0.05, 0) is 38.0 Å². The van der Waals surface area contributed by atoms with Crippen LogP contribution >= 0.6 is 0 Å². The van der Waals surface area contributed by atoms with Crippen molar-refractivity contribution in [3.8, 4) is 5.75 Å². The molecule has 6 nitrogen and oxygen atoms in total. The van der Waals surface area contributed by atoms with Crippen LogP contribution in [0, 0.1) is 0 Å². The Labute approximate surface area is 152 Å². The molecular weight excluding hydrogens is 334 g/mol.